The maximum Gasteiger partial charge on any atom is 0.254 e. The molecule has 1 aliphatic rings. The van der Waals surface area contributed by atoms with Crippen LogP contribution in [-0.4, -0.2) is 63.5 Å². The van der Waals surface area contributed by atoms with Gasteiger partial charge in [-0.1, -0.05) is 0 Å². The van der Waals surface area contributed by atoms with Crippen LogP contribution in [-0.2, 0) is 14.2 Å². The van der Waals surface area contributed by atoms with Gasteiger partial charge in [0, 0.05) is 32.2 Å². The SMILES string of the molecule is CO[C@H]1[C@H](N(C)C(=O)c2ccc3oc(C)cc3c2)COC[C@H]1OC. The number of nitrogens with zero attached hydrogens (tertiary/aromatic N) is 1. The molecule has 0 bridgehead atoms. The van der Waals surface area contributed by atoms with Gasteiger partial charge in [0.1, 0.15) is 23.6 Å². The number of carbonyl (C=O) groups is 1. The molecule has 1 amide bonds. The Morgan fingerprint density at radius 1 is 1.21 bits per heavy atom. The fourth-order valence-electron chi connectivity index (χ4n) is 3.25. The van der Waals surface area contributed by atoms with E-state index in [1.807, 2.05) is 25.1 Å². The lowest BCUT2D eigenvalue weighted by Crippen LogP contribution is -2.57. The van der Waals surface area contributed by atoms with Gasteiger partial charge in [-0.2, -0.15) is 0 Å². The van der Waals surface area contributed by atoms with Gasteiger partial charge in [-0.15, -0.1) is 0 Å². The van der Waals surface area contributed by atoms with Crippen LogP contribution in [0.4, 0.5) is 0 Å². The predicted molar refractivity (Wildman–Crippen MR) is 89.2 cm³/mol. The first-order chi connectivity index (χ1) is 11.5. The predicted octanol–water partition coefficient (Wildman–Crippen LogP) is 2.24. The van der Waals surface area contributed by atoms with Crippen LogP contribution in [0.3, 0.4) is 0 Å². The van der Waals surface area contributed by atoms with E-state index in [4.69, 9.17) is 18.6 Å². The summed E-state index contributed by atoms with van der Waals surface area (Å²) < 4.78 is 22.1. The molecule has 6 nitrogen and oxygen atoms in total. The molecule has 3 rings (SSSR count). The minimum Gasteiger partial charge on any atom is -0.461 e. The lowest BCUT2D eigenvalue weighted by atomic mass is 10.0. The summed E-state index contributed by atoms with van der Waals surface area (Å²) in [7, 11) is 5.03. The molecule has 6 heteroatoms. The third kappa shape index (κ3) is 3.05. The minimum absolute atomic E-state index is 0.0804. The van der Waals surface area contributed by atoms with Crippen molar-refractivity contribution in [1.29, 1.82) is 0 Å². The average Bonchev–Trinajstić information content (AvgIpc) is 2.98. The van der Waals surface area contributed by atoms with E-state index in [0.29, 0.717) is 18.8 Å². The van der Waals surface area contributed by atoms with Crippen molar-refractivity contribution in [3.8, 4) is 0 Å². The summed E-state index contributed by atoms with van der Waals surface area (Å²) in [5.74, 6) is 0.745. The quantitative estimate of drug-likeness (QED) is 0.859. The van der Waals surface area contributed by atoms with Gasteiger partial charge in [-0.25, -0.2) is 0 Å². The molecule has 3 atom stereocenters. The molecule has 0 saturated carbocycles. The molecule has 24 heavy (non-hydrogen) atoms. The number of methoxy groups -OCH3 is 2. The molecule has 1 saturated heterocycles. The standard InChI is InChI=1S/C18H23NO5/c1-11-7-13-8-12(5-6-15(13)24-11)18(20)19(2)14-9-23-10-16(21-3)17(14)22-4/h5-8,14,16-17H,9-10H2,1-4H3/t14-,16-,17+/m1/s1. The summed E-state index contributed by atoms with van der Waals surface area (Å²) in [6, 6.07) is 7.18. The molecule has 2 heterocycles. The number of benzene rings is 1. The maximum atomic E-state index is 12.9. The molecule has 0 spiro atoms. The van der Waals surface area contributed by atoms with Crippen LogP contribution in [0.25, 0.3) is 11.0 Å². The van der Waals surface area contributed by atoms with Crippen LogP contribution in [0.15, 0.2) is 28.7 Å². The second-order valence-electron chi connectivity index (χ2n) is 6.10. The van der Waals surface area contributed by atoms with E-state index in [9.17, 15) is 4.79 Å². The topological polar surface area (TPSA) is 61.1 Å². The van der Waals surface area contributed by atoms with Crippen molar-refractivity contribution in [3.63, 3.8) is 0 Å². The van der Waals surface area contributed by atoms with E-state index in [-0.39, 0.29) is 24.2 Å². The summed E-state index contributed by atoms with van der Waals surface area (Å²) in [4.78, 5) is 14.6. The van der Waals surface area contributed by atoms with E-state index in [1.165, 1.54) is 0 Å². The monoisotopic (exact) mass is 333 g/mol. The molecular formula is C18H23NO5. The molecule has 0 aliphatic carbocycles. The summed E-state index contributed by atoms with van der Waals surface area (Å²) in [5.41, 5.74) is 1.39. The Morgan fingerprint density at radius 3 is 2.71 bits per heavy atom. The molecule has 0 radical (unpaired) electrons. The zero-order valence-electron chi connectivity index (χ0n) is 14.4. The number of amides is 1. The maximum absolute atomic E-state index is 12.9. The van der Waals surface area contributed by atoms with Gasteiger partial charge < -0.3 is 23.5 Å². The Hall–Kier alpha value is -1.89. The third-order valence-electron chi connectivity index (χ3n) is 4.60. The number of furan rings is 1. The summed E-state index contributed by atoms with van der Waals surface area (Å²) in [5, 5.41) is 0.921. The largest absolute Gasteiger partial charge is 0.461 e. The Labute approximate surface area is 141 Å². The summed E-state index contributed by atoms with van der Waals surface area (Å²) in [6.45, 7) is 2.78. The molecule has 2 aromatic rings. The summed E-state index contributed by atoms with van der Waals surface area (Å²) in [6.07, 6.45) is -0.416. The number of aryl methyl sites for hydroxylation is 1. The van der Waals surface area contributed by atoms with Crippen molar-refractivity contribution >= 4 is 16.9 Å². The lowest BCUT2D eigenvalue weighted by molar-refractivity contribution is -0.147. The zero-order valence-corrected chi connectivity index (χ0v) is 14.4. The Kier molecular flexibility index (Phi) is 4.89. The summed E-state index contributed by atoms with van der Waals surface area (Å²) >= 11 is 0. The van der Waals surface area contributed by atoms with Gasteiger partial charge in [0.2, 0.25) is 0 Å². The number of carbonyl (C=O) groups excluding carboxylic acids is 1. The van der Waals surface area contributed by atoms with Gasteiger partial charge >= 0.3 is 0 Å². The molecule has 1 aromatic carbocycles. The molecule has 0 N–H and O–H groups in total. The Bertz CT molecular complexity index is 725. The van der Waals surface area contributed by atoms with Gasteiger partial charge in [-0.05, 0) is 31.2 Å². The van der Waals surface area contributed by atoms with Crippen molar-refractivity contribution in [2.45, 2.75) is 25.2 Å². The van der Waals surface area contributed by atoms with Crippen molar-refractivity contribution in [1.82, 2.24) is 4.90 Å². The van der Waals surface area contributed by atoms with Crippen LogP contribution in [0.5, 0.6) is 0 Å². The van der Waals surface area contributed by atoms with Crippen molar-refractivity contribution in [2.75, 3.05) is 34.5 Å². The first-order valence-electron chi connectivity index (χ1n) is 7.96. The van der Waals surface area contributed by atoms with Gasteiger partial charge in [0.15, 0.2) is 0 Å². The van der Waals surface area contributed by atoms with Gasteiger partial charge in [0.05, 0.1) is 19.3 Å². The third-order valence-corrected chi connectivity index (χ3v) is 4.60. The number of fused-ring (bicyclic) bond motifs is 1. The molecule has 0 unspecified atom stereocenters. The molecular weight excluding hydrogens is 310 g/mol. The highest BCUT2D eigenvalue weighted by molar-refractivity contribution is 5.98. The highest BCUT2D eigenvalue weighted by Gasteiger charge is 2.38. The van der Waals surface area contributed by atoms with E-state index < -0.39 is 0 Å². The second-order valence-corrected chi connectivity index (χ2v) is 6.10. The van der Waals surface area contributed by atoms with Crippen LogP contribution in [0, 0.1) is 6.92 Å². The van der Waals surface area contributed by atoms with Crippen LogP contribution < -0.4 is 0 Å². The Balaban J connectivity index is 1.84. The fraction of sp³-hybridized carbons (Fsp3) is 0.500. The molecule has 1 aliphatic heterocycles. The smallest absolute Gasteiger partial charge is 0.254 e. The number of hydrogen-bond donors (Lipinski definition) is 0. The van der Waals surface area contributed by atoms with E-state index in [0.717, 1.165) is 16.7 Å². The Morgan fingerprint density at radius 2 is 2.00 bits per heavy atom. The minimum atomic E-state index is -0.224. The van der Waals surface area contributed by atoms with Crippen molar-refractivity contribution in [2.24, 2.45) is 0 Å². The van der Waals surface area contributed by atoms with Gasteiger partial charge in [0.25, 0.3) is 5.91 Å². The average molecular weight is 333 g/mol. The number of ether oxygens (including phenoxy) is 3. The van der Waals surface area contributed by atoms with Crippen LogP contribution in [0.1, 0.15) is 16.1 Å². The first-order valence-corrected chi connectivity index (χ1v) is 7.96. The first kappa shape index (κ1) is 17.0. The van der Waals surface area contributed by atoms with E-state index >= 15 is 0 Å². The normalized spacial score (nSPS) is 24.2. The van der Waals surface area contributed by atoms with E-state index in [1.54, 1.807) is 32.2 Å². The fourth-order valence-corrected chi connectivity index (χ4v) is 3.25. The molecule has 130 valence electrons. The number of likely N-dealkylation sites (N-methyl/N-ethyl adjacent to an activating group) is 1. The molecule has 1 aromatic heterocycles. The van der Waals surface area contributed by atoms with Crippen LogP contribution >= 0.6 is 0 Å². The van der Waals surface area contributed by atoms with Crippen LogP contribution in [0.2, 0.25) is 0 Å². The highest BCUT2D eigenvalue weighted by Crippen LogP contribution is 2.23. The van der Waals surface area contributed by atoms with Gasteiger partial charge in [-0.3, -0.25) is 4.79 Å². The molecule has 1 fully saturated rings. The second kappa shape index (κ2) is 6.93. The van der Waals surface area contributed by atoms with Crippen molar-refractivity contribution in [3.05, 3.63) is 35.6 Å². The number of hydrogen-bond acceptors (Lipinski definition) is 5. The van der Waals surface area contributed by atoms with E-state index in [2.05, 4.69) is 0 Å². The highest BCUT2D eigenvalue weighted by atomic mass is 16.6. The van der Waals surface area contributed by atoms with Crippen molar-refractivity contribution < 1.29 is 23.4 Å². The lowest BCUT2D eigenvalue weighted by Gasteiger charge is -2.40. The zero-order chi connectivity index (χ0) is 17.3. The number of rotatable bonds is 4.